The van der Waals surface area contributed by atoms with E-state index < -0.39 is 79.9 Å². The van der Waals surface area contributed by atoms with Crippen molar-refractivity contribution >= 4 is 74.9 Å². The van der Waals surface area contributed by atoms with Gasteiger partial charge in [0, 0.05) is 89.8 Å². The standard InChI is InChI=1S/C30H51N7O14S2.Gd/c1-20(38)21(34-30(51)22(31-2)4-6-25(41)42)3-5-23(39)32-7-13-52-53-14-8-33-24(40)15-36(17-27(45)46)11-9-35(16-26(43)44)10-12-37(18-28(47)48)19-29(49)50;/h21-22,31H,3-19H2,1-2H3,(H,32,39)(H,33,40)(H,34,51)(H,41,42)(H,43,44)(H,45,46)(H,47,48)(H,49,50);/q;+3/p-4. The van der Waals surface area contributed by atoms with Gasteiger partial charge < -0.3 is 66.0 Å². The summed E-state index contributed by atoms with van der Waals surface area (Å²) in [6.07, 6.45) is -0.188. The molecule has 0 rings (SSSR count). The van der Waals surface area contributed by atoms with Crippen molar-refractivity contribution in [2.24, 2.45) is 0 Å². The van der Waals surface area contributed by atoms with Crippen LogP contribution in [0.1, 0.15) is 32.6 Å². The zero-order valence-electron chi connectivity index (χ0n) is 29.9. The molecule has 21 nitrogen and oxygen atoms in total. The van der Waals surface area contributed by atoms with Crippen molar-refractivity contribution in [3.05, 3.63) is 0 Å². The molecule has 1 radical (unpaired) electrons. The van der Waals surface area contributed by atoms with E-state index in [1.54, 1.807) is 0 Å². The third-order valence-electron chi connectivity index (χ3n) is 7.12. The monoisotopic (exact) mass is 951 g/mol. The molecule has 2 atom stereocenters. The van der Waals surface area contributed by atoms with Crippen molar-refractivity contribution in [3.63, 3.8) is 0 Å². The molecule has 307 valence electrons. The predicted molar refractivity (Wildman–Crippen MR) is 182 cm³/mol. The molecule has 0 fully saturated rings. The summed E-state index contributed by atoms with van der Waals surface area (Å²) in [7, 11) is 4.30. The first kappa shape index (κ1) is 53.4. The van der Waals surface area contributed by atoms with Gasteiger partial charge in [-0.25, -0.2) is 0 Å². The molecule has 0 aliphatic carbocycles. The number of carboxylic acids is 5. The molecule has 0 aromatic heterocycles. The van der Waals surface area contributed by atoms with Crippen molar-refractivity contribution in [3.8, 4) is 0 Å². The van der Waals surface area contributed by atoms with E-state index in [1.165, 1.54) is 45.4 Å². The molecule has 2 unspecified atom stereocenters. The zero-order valence-corrected chi connectivity index (χ0v) is 33.8. The van der Waals surface area contributed by atoms with Crippen LogP contribution in [-0.2, 0) is 43.2 Å². The van der Waals surface area contributed by atoms with E-state index in [2.05, 4.69) is 21.3 Å². The fourth-order valence-corrected chi connectivity index (χ4v) is 6.34. The van der Waals surface area contributed by atoms with E-state index in [-0.39, 0.29) is 117 Å². The summed E-state index contributed by atoms with van der Waals surface area (Å²) >= 11 is 0. The maximum Gasteiger partial charge on any atom is 3.00 e. The summed E-state index contributed by atoms with van der Waals surface area (Å²) in [6.45, 7) is -1.88. The van der Waals surface area contributed by atoms with Gasteiger partial charge in [-0.05, 0) is 26.8 Å². The number of aliphatic carboxylic acids is 5. The zero-order chi connectivity index (χ0) is 40.3. The van der Waals surface area contributed by atoms with Crippen LogP contribution >= 0.6 is 21.6 Å². The number of likely N-dealkylation sites (N-methyl/N-ethyl adjacent to an activating group) is 1. The van der Waals surface area contributed by atoms with Crippen LogP contribution in [0.5, 0.6) is 0 Å². The van der Waals surface area contributed by atoms with Crippen molar-refractivity contribution < 1.29 is 109 Å². The van der Waals surface area contributed by atoms with Crippen LogP contribution in [0.4, 0.5) is 0 Å². The Morgan fingerprint density at radius 2 is 1.02 bits per heavy atom. The number of amides is 3. The SMILES string of the molecule is CNC(CCC(=O)O)C(=O)NC(CCC(=O)NCCSSCCNC(=O)CN(CCN(CCN(CC(=O)[O-])CC(=O)[O-])CC(=O)[O-])CC(=O)[O-])C(C)=O.[Gd+3]. The molecule has 0 bridgehead atoms. The summed E-state index contributed by atoms with van der Waals surface area (Å²) < 4.78 is 0. The number of nitrogens with zero attached hydrogens (tertiary/aromatic N) is 3. The average molecular weight is 951 g/mol. The van der Waals surface area contributed by atoms with E-state index in [4.69, 9.17) is 5.11 Å². The molecule has 0 heterocycles. The summed E-state index contributed by atoms with van der Waals surface area (Å²) in [4.78, 5) is 108. The van der Waals surface area contributed by atoms with Crippen LogP contribution in [0, 0.1) is 39.9 Å². The number of nitrogens with one attached hydrogen (secondary N) is 4. The van der Waals surface area contributed by atoms with Gasteiger partial charge in [-0.3, -0.25) is 38.7 Å². The molecular weight excluding hydrogens is 904 g/mol. The molecule has 0 aromatic carbocycles. The average Bonchev–Trinajstić information content (AvgIpc) is 3.04. The maximum atomic E-state index is 12.5. The first-order valence-electron chi connectivity index (χ1n) is 16.4. The normalized spacial score (nSPS) is 12.0. The first-order chi connectivity index (χ1) is 24.9. The van der Waals surface area contributed by atoms with Crippen LogP contribution in [-0.4, -0.2) is 176 Å². The van der Waals surface area contributed by atoms with Crippen LogP contribution in [0.3, 0.4) is 0 Å². The minimum atomic E-state index is -1.55. The van der Waals surface area contributed by atoms with E-state index in [1.807, 2.05) is 0 Å². The second-order valence-electron chi connectivity index (χ2n) is 11.5. The van der Waals surface area contributed by atoms with Gasteiger partial charge >= 0.3 is 45.9 Å². The van der Waals surface area contributed by atoms with Crippen LogP contribution in [0.25, 0.3) is 0 Å². The maximum absolute atomic E-state index is 12.5. The van der Waals surface area contributed by atoms with Crippen molar-refractivity contribution in [1.29, 1.82) is 0 Å². The number of rotatable bonds is 33. The van der Waals surface area contributed by atoms with Gasteiger partial charge in [-0.15, -0.1) is 0 Å². The fraction of sp³-hybridized carbons (Fsp3) is 0.700. The van der Waals surface area contributed by atoms with Crippen LogP contribution in [0.15, 0.2) is 0 Å². The van der Waals surface area contributed by atoms with Crippen molar-refractivity contribution in [1.82, 2.24) is 36.0 Å². The quantitative estimate of drug-likeness (QED) is 0.0301. The van der Waals surface area contributed by atoms with Gasteiger partial charge in [0.1, 0.15) is 0 Å². The third kappa shape index (κ3) is 29.6. The van der Waals surface area contributed by atoms with Gasteiger partial charge in [-0.2, -0.15) is 0 Å². The Hall–Kier alpha value is -2.71. The van der Waals surface area contributed by atoms with Gasteiger partial charge in [-0.1, -0.05) is 21.6 Å². The minimum absolute atomic E-state index is 0. The van der Waals surface area contributed by atoms with E-state index in [9.17, 15) is 63.6 Å². The number of hydrogen-bond acceptors (Lipinski definition) is 19. The molecule has 3 amide bonds. The number of hydrogen-bond donors (Lipinski definition) is 5. The third-order valence-corrected chi connectivity index (χ3v) is 9.53. The minimum Gasteiger partial charge on any atom is -0.549 e. The smallest absolute Gasteiger partial charge is 0.549 e. The summed E-state index contributed by atoms with van der Waals surface area (Å²) in [6, 6.07) is -1.72. The van der Waals surface area contributed by atoms with Crippen molar-refractivity contribution in [2.45, 2.75) is 44.7 Å². The van der Waals surface area contributed by atoms with Gasteiger partial charge in [0.25, 0.3) is 0 Å². The largest absolute Gasteiger partial charge is 3.00 e. The molecule has 0 aromatic rings. The molecule has 0 saturated carbocycles. The van der Waals surface area contributed by atoms with Gasteiger partial charge in [0.2, 0.25) is 17.7 Å². The molecule has 5 N–H and O–H groups in total. The molecule has 0 saturated heterocycles. The number of Topliss-reactive ketones (excluding diaryl/α,β-unsaturated/α-hetero) is 1. The number of ketones is 1. The molecular formula is C30H47GdN7O14S2-. The first-order valence-corrected chi connectivity index (χ1v) is 18.9. The fourth-order valence-electron chi connectivity index (χ4n) is 4.52. The second-order valence-corrected chi connectivity index (χ2v) is 14.2. The van der Waals surface area contributed by atoms with Gasteiger partial charge in [0.05, 0.1) is 42.5 Å². The Morgan fingerprint density at radius 3 is 1.44 bits per heavy atom. The Balaban J connectivity index is 0. The molecule has 54 heavy (non-hydrogen) atoms. The van der Waals surface area contributed by atoms with E-state index >= 15 is 0 Å². The molecule has 0 spiro atoms. The number of carbonyl (C=O) groups excluding carboxylic acids is 8. The Morgan fingerprint density at radius 1 is 0.611 bits per heavy atom. The topological polar surface area (TPSA) is 324 Å². The Kier molecular flexibility index (Phi) is 31.1. The van der Waals surface area contributed by atoms with Crippen molar-refractivity contribution in [2.75, 3.05) is 90.5 Å². The Bertz CT molecular complexity index is 1240. The summed E-state index contributed by atoms with van der Waals surface area (Å²) in [5.41, 5.74) is 0. The van der Waals surface area contributed by atoms with E-state index in [0.29, 0.717) is 18.1 Å². The second kappa shape index (κ2) is 31.5. The number of carboxylic acid groups (broad SMARTS) is 5. The van der Waals surface area contributed by atoms with Gasteiger partial charge in [0.15, 0.2) is 5.78 Å². The predicted octanol–water partition coefficient (Wildman–Crippen LogP) is -8.19. The van der Waals surface area contributed by atoms with Crippen LogP contribution < -0.4 is 41.7 Å². The van der Waals surface area contributed by atoms with E-state index in [0.717, 1.165) is 4.90 Å². The summed E-state index contributed by atoms with van der Waals surface area (Å²) in [5, 5.41) is 63.7. The Labute approximate surface area is 352 Å². The number of carbonyl (C=O) groups is 9. The summed E-state index contributed by atoms with van der Waals surface area (Å²) in [5.74, 6) is -7.94. The molecule has 0 aliphatic heterocycles. The van der Waals surface area contributed by atoms with Crippen LogP contribution in [0.2, 0.25) is 0 Å². The molecule has 0 aliphatic rings. The molecule has 24 heteroatoms.